The largest absolute Gasteiger partial charge is 0.495 e. The van der Waals surface area contributed by atoms with Crippen LogP contribution in [0.4, 0.5) is 0 Å². The molecule has 1 heterocycles. The second kappa shape index (κ2) is 4.77. The zero-order valence-corrected chi connectivity index (χ0v) is 9.10. The second-order valence-corrected chi connectivity index (χ2v) is 3.51. The van der Waals surface area contributed by atoms with Crippen molar-refractivity contribution >= 4 is 5.97 Å². The molecule has 2 atom stereocenters. The number of carbonyl (C=O) groups is 1. The lowest BCUT2D eigenvalue weighted by Gasteiger charge is -2.17. The SMILES string of the molecule is COc1cccnc1C(C)C(C)C(=O)O. The van der Waals surface area contributed by atoms with Crippen LogP contribution in [0, 0.1) is 5.92 Å². The molecule has 82 valence electrons. The van der Waals surface area contributed by atoms with E-state index in [4.69, 9.17) is 9.84 Å². The van der Waals surface area contributed by atoms with Crippen LogP contribution in [0.5, 0.6) is 5.75 Å². The number of rotatable bonds is 4. The summed E-state index contributed by atoms with van der Waals surface area (Å²) >= 11 is 0. The second-order valence-electron chi connectivity index (χ2n) is 3.51. The van der Waals surface area contributed by atoms with Crippen LogP contribution in [-0.4, -0.2) is 23.2 Å². The predicted octanol–water partition coefficient (Wildman–Crippen LogP) is 1.91. The van der Waals surface area contributed by atoms with Gasteiger partial charge in [-0.25, -0.2) is 0 Å². The smallest absolute Gasteiger partial charge is 0.306 e. The Morgan fingerprint density at radius 2 is 2.20 bits per heavy atom. The average Bonchev–Trinajstić information content (AvgIpc) is 2.26. The number of carboxylic acids is 1. The van der Waals surface area contributed by atoms with E-state index in [9.17, 15) is 4.79 Å². The summed E-state index contributed by atoms with van der Waals surface area (Å²) in [5, 5.41) is 8.91. The van der Waals surface area contributed by atoms with Gasteiger partial charge in [0.05, 0.1) is 18.7 Å². The summed E-state index contributed by atoms with van der Waals surface area (Å²) in [6, 6.07) is 3.55. The number of hydrogen-bond acceptors (Lipinski definition) is 3. The fourth-order valence-corrected chi connectivity index (χ4v) is 1.37. The third-order valence-electron chi connectivity index (χ3n) is 2.59. The van der Waals surface area contributed by atoms with Gasteiger partial charge in [-0.05, 0) is 12.1 Å². The summed E-state index contributed by atoms with van der Waals surface area (Å²) in [7, 11) is 1.55. The minimum absolute atomic E-state index is 0.168. The molecule has 2 unspecified atom stereocenters. The lowest BCUT2D eigenvalue weighted by Crippen LogP contribution is -2.18. The van der Waals surface area contributed by atoms with Gasteiger partial charge in [-0.2, -0.15) is 0 Å². The molecule has 1 aromatic heterocycles. The normalized spacial score (nSPS) is 14.3. The molecule has 0 amide bonds. The third kappa shape index (κ3) is 2.46. The summed E-state index contributed by atoms with van der Waals surface area (Å²) in [5.41, 5.74) is 0.690. The Hall–Kier alpha value is -1.58. The number of methoxy groups -OCH3 is 1. The summed E-state index contributed by atoms with van der Waals surface area (Å²) in [6.07, 6.45) is 1.64. The van der Waals surface area contributed by atoms with Crippen LogP contribution in [0.15, 0.2) is 18.3 Å². The average molecular weight is 209 g/mol. The number of aliphatic carboxylic acids is 1. The first-order valence-corrected chi connectivity index (χ1v) is 4.79. The van der Waals surface area contributed by atoms with Crippen LogP contribution in [0.2, 0.25) is 0 Å². The lowest BCUT2D eigenvalue weighted by molar-refractivity contribution is -0.141. The van der Waals surface area contributed by atoms with Crippen molar-refractivity contribution in [3.8, 4) is 5.75 Å². The molecule has 15 heavy (non-hydrogen) atoms. The van der Waals surface area contributed by atoms with Gasteiger partial charge in [0.25, 0.3) is 0 Å². The van der Waals surface area contributed by atoms with Gasteiger partial charge >= 0.3 is 5.97 Å². The van der Waals surface area contributed by atoms with Crippen molar-refractivity contribution < 1.29 is 14.6 Å². The lowest BCUT2D eigenvalue weighted by atomic mass is 9.92. The molecule has 0 saturated heterocycles. The number of pyridine rings is 1. The van der Waals surface area contributed by atoms with Gasteiger partial charge in [0, 0.05) is 12.1 Å². The van der Waals surface area contributed by atoms with E-state index in [0.717, 1.165) is 0 Å². The molecule has 1 rings (SSSR count). The molecule has 1 N–H and O–H groups in total. The first-order chi connectivity index (χ1) is 7.07. The van der Waals surface area contributed by atoms with Gasteiger partial charge in [-0.15, -0.1) is 0 Å². The number of hydrogen-bond donors (Lipinski definition) is 1. The Kier molecular flexibility index (Phi) is 3.66. The molecule has 0 aliphatic heterocycles. The summed E-state index contributed by atoms with van der Waals surface area (Å²) in [4.78, 5) is 15.0. The Balaban J connectivity index is 2.99. The predicted molar refractivity (Wildman–Crippen MR) is 56.0 cm³/mol. The van der Waals surface area contributed by atoms with Crippen LogP contribution < -0.4 is 4.74 Å². The minimum atomic E-state index is -0.824. The Labute approximate surface area is 88.9 Å². The first kappa shape index (κ1) is 11.5. The molecule has 0 aromatic carbocycles. The molecule has 4 nitrogen and oxygen atoms in total. The number of carboxylic acid groups (broad SMARTS) is 1. The number of nitrogens with zero attached hydrogens (tertiary/aromatic N) is 1. The number of aromatic nitrogens is 1. The zero-order valence-electron chi connectivity index (χ0n) is 9.10. The minimum Gasteiger partial charge on any atom is -0.495 e. The highest BCUT2D eigenvalue weighted by atomic mass is 16.5. The molecular weight excluding hydrogens is 194 g/mol. The monoisotopic (exact) mass is 209 g/mol. The molecule has 0 fully saturated rings. The topological polar surface area (TPSA) is 59.4 Å². The molecule has 0 bridgehead atoms. The van der Waals surface area contributed by atoms with Crippen LogP contribution >= 0.6 is 0 Å². The standard InChI is InChI=1S/C11H15NO3/c1-7(8(2)11(13)14)10-9(15-3)5-4-6-12-10/h4-8H,1-3H3,(H,13,14). The molecular formula is C11H15NO3. The maximum atomic E-state index is 10.8. The van der Waals surface area contributed by atoms with Gasteiger partial charge in [-0.1, -0.05) is 13.8 Å². The fraction of sp³-hybridized carbons (Fsp3) is 0.455. The van der Waals surface area contributed by atoms with Crippen LogP contribution in [0.1, 0.15) is 25.5 Å². The Morgan fingerprint density at radius 3 is 2.73 bits per heavy atom. The van der Waals surface area contributed by atoms with E-state index in [1.54, 1.807) is 32.4 Å². The molecule has 0 aliphatic rings. The van der Waals surface area contributed by atoms with Crippen molar-refractivity contribution in [2.75, 3.05) is 7.11 Å². The molecule has 0 aliphatic carbocycles. The van der Waals surface area contributed by atoms with Crippen molar-refractivity contribution in [3.63, 3.8) is 0 Å². The molecule has 0 saturated carbocycles. The highest BCUT2D eigenvalue weighted by Gasteiger charge is 2.24. The van der Waals surface area contributed by atoms with Gasteiger partial charge in [0.2, 0.25) is 0 Å². The van der Waals surface area contributed by atoms with Crippen LogP contribution in [-0.2, 0) is 4.79 Å². The van der Waals surface area contributed by atoms with Gasteiger partial charge in [0.15, 0.2) is 0 Å². The summed E-state index contributed by atoms with van der Waals surface area (Å²) in [6.45, 7) is 3.50. The van der Waals surface area contributed by atoms with Crippen molar-refractivity contribution in [2.24, 2.45) is 5.92 Å². The summed E-state index contributed by atoms with van der Waals surface area (Å²) in [5.74, 6) is -0.833. The van der Waals surface area contributed by atoms with E-state index in [2.05, 4.69) is 4.98 Å². The van der Waals surface area contributed by atoms with E-state index in [1.807, 2.05) is 6.92 Å². The fourth-order valence-electron chi connectivity index (χ4n) is 1.37. The van der Waals surface area contributed by atoms with Crippen molar-refractivity contribution in [1.29, 1.82) is 0 Å². The molecule has 1 aromatic rings. The maximum Gasteiger partial charge on any atom is 0.306 e. The first-order valence-electron chi connectivity index (χ1n) is 4.79. The van der Waals surface area contributed by atoms with E-state index in [1.165, 1.54) is 0 Å². The molecule has 0 spiro atoms. The van der Waals surface area contributed by atoms with Gasteiger partial charge < -0.3 is 9.84 Å². The molecule has 4 heteroatoms. The maximum absolute atomic E-state index is 10.8. The van der Waals surface area contributed by atoms with E-state index in [0.29, 0.717) is 11.4 Å². The van der Waals surface area contributed by atoms with Crippen molar-refractivity contribution in [3.05, 3.63) is 24.0 Å². The van der Waals surface area contributed by atoms with Gasteiger partial charge in [-0.3, -0.25) is 9.78 Å². The van der Waals surface area contributed by atoms with Crippen molar-refractivity contribution in [1.82, 2.24) is 4.98 Å². The highest BCUT2D eigenvalue weighted by Crippen LogP contribution is 2.29. The third-order valence-corrected chi connectivity index (χ3v) is 2.59. The highest BCUT2D eigenvalue weighted by molar-refractivity contribution is 5.70. The van der Waals surface area contributed by atoms with Crippen molar-refractivity contribution in [2.45, 2.75) is 19.8 Å². The van der Waals surface area contributed by atoms with E-state index in [-0.39, 0.29) is 5.92 Å². The molecule has 0 radical (unpaired) electrons. The Bertz CT molecular complexity index is 351. The van der Waals surface area contributed by atoms with Crippen LogP contribution in [0.25, 0.3) is 0 Å². The van der Waals surface area contributed by atoms with E-state index < -0.39 is 11.9 Å². The summed E-state index contributed by atoms with van der Waals surface area (Å²) < 4.78 is 5.14. The number of ether oxygens (including phenoxy) is 1. The quantitative estimate of drug-likeness (QED) is 0.822. The Morgan fingerprint density at radius 1 is 1.53 bits per heavy atom. The van der Waals surface area contributed by atoms with E-state index >= 15 is 0 Å². The van der Waals surface area contributed by atoms with Gasteiger partial charge in [0.1, 0.15) is 5.75 Å². The van der Waals surface area contributed by atoms with Crippen LogP contribution in [0.3, 0.4) is 0 Å². The zero-order chi connectivity index (χ0) is 11.4.